The molecular formula is C20H25N3O3. The number of aliphatic hydroxyl groups is 1. The Morgan fingerprint density at radius 1 is 1.27 bits per heavy atom. The lowest BCUT2D eigenvalue weighted by atomic mass is 9.79. The molecule has 1 fully saturated rings. The Hall–Kier alpha value is -2.44. The van der Waals surface area contributed by atoms with Crippen LogP contribution in [0.3, 0.4) is 0 Å². The van der Waals surface area contributed by atoms with Crippen molar-refractivity contribution in [1.29, 1.82) is 0 Å². The number of ether oxygens (including phenoxy) is 1. The lowest BCUT2D eigenvalue weighted by Gasteiger charge is -2.47. The highest BCUT2D eigenvalue weighted by atomic mass is 16.5. The van der Waals surface area contributed by atoms with Gasteiger partial charge in [-0.25, -0.2) is 4.98 Å². The average Bonchev–Trinajstić information content (AvgIpc) is 2.68. The van der Waals surface area contributed by atoms with Gasteiger partial charge in [0.05, 0.1) is 18.7 Å². The van der Waals surface area contributed by atoms with Crippen molar-refractivity contribution in [3.63, 3.8) is 0 Å². The summed E-state index contributed by atoms with van der Waals surface area (Å²) in [5.74, 6) is 0.395. The van der Waals surface area contributed by atoms with Crippen molar-refractivity contribution in [3.8, 4) is 5.88 Å². The molecule has 1 saturated heterocycles. The summed E-state index contributed by atoms with van der Waals surface area (Å²) in [6, 6.07) is 12.9. The molecule has 1 aromatic heterocycles. The second-order valence-electron chi connectivity index (χ2n) is 6.86. The summed E-state index contributed by atoms with van der Waals surface area (Å²) in [5, 5.41) is 11.4. The maximum Gasteiger partial charge on any atom is 0.255 e. The van der Waals surface area contributed by atoms with E-state index in [-0.39, 0.29) is 11.9 Å². The Balaban J connectivity index is 1.82. The zero-order valence-corrected chi connectivity index (χ0v) is 15.4. The Morgan fingerprint density at radius 2 is 2.00 bits per heavy atom. The summed E-state index contributed by atoms with van der Waals surface area (Å²) in [6.07, 6.45) is 2.01. The molecule has 6 heteroatoms. The van der Waals surface area contributed by atoms with E-state index < -0.39 is 5.60 Å². The number of hydrogen-bond acceptors (Lipinski definition) is 5. The number of pyridine rings is 1. The van der Waals surface area contributed by atoms with Crippen LogP contribution in [0.1, 0.15) is 22.3 Å². The fourth-order valence-electron chi connectivity index (χ4n) is 3.57. The number of benzene rings is 1. The Kier molecular flexibility index (Phi) is 5.25. The SMILES string of the molecule is COc1ccc(C(=O)N2CC[C@](O)(c3ccccc3)[C@H](N(C)C)C2)cn1. The largest absolute Gasteiger partial charge is 0.481 e. The van der Waals surface area contributed by atoms with Crippen molar-refractivity contribution in [3.05, 3.63) is 59.8 Å². The highest BCUT2D eigenvalue weighted by molar-refractivity contribution is 5.94. The monoisotopic (exact) mass is 355 g/mol. The maximum atomic E-state index is 12.9. The van der Waals surface area contributed by atoms with Crippen LogP contribution in [0.25, 0.3) is 0 Å². The first-order chi connectivity index (χ1) is 12.5. The molecule has 2 atom stereocenters. The molecule has 2 aromatic rings. The van der Waals surface area contributed by atoms with Gasteiger partial charge in [-0.15, -0.1) is 0 Å². The minimum Gasteiger partial charge on any atom is -0.481 e. The van der Waals surface area contributed by atoms with Crippen LogP contribution in [0.5, 0.6) is 5.88 Å². The number of piperidine rings is 1. The molecule has 6 nitrogen and oxygen atoms in total. The summed E-state index contributed by atoms with van der Waals surface area (Å²) in [5.41, 5.74) is 0.421. The lowest BCUT2D eigenvalue weighted by Crippen LogP contribution is -2.60. The van der Waals surface area contributed by atoms with E-state index in [1.807, 2.05) is 49.3 Å². The van der Waals surface area contributed by atoms with Crippen molar-refractivity contribution < 1.29 is 14.6 Å². The summed E-state index contributed by atoms with van der Waals surface area (Å²) < 4.78 is 5.04. The van der Waals surface area contributed by atoms with Gasteiger partial charge in [-0.1, -0.05) is 30.3 Å². The van der Waals surface area contributed by atoms with Gasteiger partial charge in [0.1, 0.15) is 5.60 Å². The Bertz CT molecular complexity index is 749. The Labute approximate surface area is 154 Å². The number of carbonyl (C=O) groups excluding carboxylic acids is 1. The molecule has 1 aromatic carbocycles. The van der Waals surface area contributed by atoms with Crippen molar-refractivity contribution in [2.75, 3.05) is 34.3 Å². The first-order valence-electron chi connectivity index (χ1n) is 8.69. The zero-order chi connectivity index (χ0) is 18.7. The van der Waals surface area contributed by atoms with Gasteiger partial charge < -0.3 is 19.6 Å². The standard InChI is InChI=1S/C20H25N3O3/c1-22(2)17-14-23(19(24)15-9-10-18(26-3)21-13-15)12-11-20(17,25)16-7-5-4-6-8-16/h4-10,13,17,25H,11-12,14H2,1-3H3/t17-,20+/m1/s1. The summed E-state index contributed by atoms with van der Waals surface area (Å²) >= 11 is 0. The van der Waals surface area contributed by atoms with Crippen LogP contribution >= 0.6 is 0 Å². The van der Waals surface area contributed by atoms with E-state index in [4.69, 9.17) is 4.74 Å². The molecule has 0 radical (unpaired) electrons. The fraction of sp³-hybridized carbons (Fsp3) is 0.400. The van der Waals surface area contributed by atoms with E-state index in [0.29, 0.717) is 31.0 Å². The molecule has 1 aliphatic heterocycles. The van der Waals surface area contributed by atoms with E-state index in [1.54, 1.807) is 24.1 Å². The first kappa shape index (κ1) is 18.4. The van der Waals surface area contributed by atoms with E-state index in [0.717, 1.165) is 5.56 Å². The number of likely N-dealkylation sites (tertiary alicyclic amines) is 1. The number of amides is 1. The summed E-state index contributed by atoms with van der Waals surface area (Å²) in [6.45, 7) is 0.934. The molecular weight excluding hydrogens is 330 g/mol. The van der Waals surface area contributed by atoms with E-state index in [2.05, 4.69) is 4.98 Å². The predicted octanol–water partition coefficient (Wildman–Crippen LogP) is 1.75. The predicted molar refractivity (Wildman–Crippen MR) is 99.1 cm³/mol. The van der Waals surface area contributed by atoms with Crippen LogP contribution in [-0.2, 0) is 5.60 Å². The molecule has 138 valence electrons. The number of rotatable bonds is 4. The van der Waals surface area contributed by atoms with Crippen LogP contribution < -0.4 is 4.74 Å². The van der Waals surface area contributed by atoms with E-state index >= 15 is 0 Å². The maximum absolute atomic E-state index is 12.9. The Morgan fingerprint density at radius 3 is 2.58 bits per heavy atom. The van der Waals surface area contributed by atoms with Gasteiger partial charge in [-0.05, 0) is 32.1 Å². The lowest BCUT2D eigenvalue weighted by molar-refractivity contribution is -0.0810. The third kappa shape index (κ3) is 3.43. The molecule has 1 amide bonds. The van der Waals surface area contributed by atoms with Crippen LogP contribution in [0, 0.1) is 0 Å². The molecule has 0 spiro atoms. The number of hydrogen-bond donors (Lipinski definition) is 1. The van der Waals surface area contributed by atoms with Crippen molar-refractivity contribution in [2.24, 2.45) is 0 Å². The number of methoxy groups -OCH3 is 1. The van der Waals surface area contributed by atoms with Crippen molar-refractivity contribution in [2.45, 2.75) is 18.1 Å². The van der Waals surface area contributed by atoms with Gasteiger partial charge in [0.25, 0.3) is 5.91 Å². The summed E-state index contributed by atoms with van der Waals surface area (Å²) in [4.78, 5) is 20.7. The smallest absolute Gasteiger partial charge is 0.255 e. The average molecular weight is 355 g/mol. The minimum absolute atomic E-state index is 0.0814. The second kappa shape index (κ2) is 7.43. The van der Waals surface area contributed by atoms with Gasteiger partial charge in [-0.2, -0.15) is 0 Å². The number of nitrogens with zero attached hydrogens (tertiary/aromatic N) is 3. The molecule has 0 saturated carbocycles. The van der Waals surface area contributed by atoms with Gasteiger partial charge in [0.2, 0.25) is 5.88 Å². The highest BCUT2D eigenvalue weighted by Gasteiger charge is 2.45. The zero-order valence-electron chi connectivity index (χ0n) is 15.4. The van der Waals surface area contributed by atoms with Crippen molar-refractivity contribution in [1.82, 2.24) is 14.8 Å². The molecule has 2 heterocycles. The van der Waals surface area contributed by atoms with E-state index in [1.165, 1.54) is 6.20 Å². The molecule has 0 bridgehead atoms. The van der Waals surface area contributed by atoms with Gasteiger partial charge in [-0.3, -0.25) is 4.79 Å². The quantitative estimate of drug-likeness (QED) is 0.905. The first-order valence-corrected chi connectivity index (χ1v) is 8.69. The second-order valence-corrected chi connectivity index (χ2v) is 6.86. The van der Waals surface area contributed by atoms with Crippen LogP contribution in [0.2, 0.25) is 0 Å². The molecule has 1 N–H and O–H groups in total. The molecule has 26 heavy (non-hydrogen) atoms. The molecule has 3 rings (SSSR count). The topological polar surface area (TPSA) is 65.9 Å². The number of likely N-dealkylation sites (N-methyl/N-ethyl adjacent to an activating group) is 1. The third-order valence-electron chi connectivity index (χ3n) is 5.08. The van der Waals surface area contributed by atoms with Crippen LogP contribution in [-0.4, -0.2) is 66.1 Å². The highest BCUT2D eigenvalue weighted by Crippen LogP contribution is 2.35. The minimum atomic E-state index is -0.986. The van der Waals surface area contributed by atoms with Crippen molar-refractivity contribution >= 4 is 5.91 Å². The molecule has 0 unspecified atom stereocenters. The molecule has 0 aliphatic carbocycles. The van der Waals surface area contributed by atoms with Gasteiger partial charge >= 0.3 is 0 Å². The number of aromatic nitrogens is 1. The third-order valence-corrected chi connectivity index (χ3v) is 5.08. The van der Waals surface area contributed by atoms with E-state index in [9.17, 15) is 9.90 Å². The fourth-order valence-corrected chi connectivity index (χ4v) is 3.57. The van der Waals surface area contributed by atoms with Gasteiger partial charge in [0.15, 0.2) is 0 Å². The van der Waals surface area contributed by atoms with Crippen LogP contribution in [0.15, 0.2) is 48.7 Å². The molecule has 1 aliphatic rings. The number of carbonyl (C=O) groups is 1. The summed E-state index contributed by atoms with van der Waals surface area (Å²) in [7, 11) is 5.41. The normalized spacial score (nSPS) is 23.1. The van der Waals surface area contributed by atoms with Gasteiger partial charge in [0, 0.05) is 25.4 Å². The van der Waals surface area contributed by atoms with Crippen LogP contribution in [0.4, 0.5) is 0 Å².